The first-order valence-electron chi connectivity index (χ1n) is 6.61. The molecule has 1 heterocycles. The molecule has 1 aromatic heterocycles. The van der Waals surface area contributed by atoms with Crippen molar-refractivity contribution in [3.8, 4) is 0 Å². The number of fused-ring (bicyclic) bond motifs is 1. The molecule has 0 aliphatic heterocycles. The molecule has 0 radical (unpaired) electrons. The van der Waals surface area contributed by atoms with Gasteiger partial charge in [-0.15, -0.1) is 0 Å². The van der Waals surface area contributed by atoms with E-state index in [0.29, 0.717) is 17.4 Å². The van der Waals surface area contributed by atoms with Crippen LogP contribution in [0.4, 0.5) is 0 Å². The van der Waals surface area contributed by atoms with Crippen LogP contribution in [0.3, 0.4) is 0 Å². The smallest absolute Gasteiger partial charge is 0.287 e. The summed E-state index contributed by atoms with van der Waals surface area (Å²) in [6.45, 7) is 2.09. The number of amides is 1. The summed E-state index contributed by atoms with van der Waals surface area (Å²) in [5, 5.41) is 12.6. The molecule has 1 atom stereocenters. The summed E-state index contributed by atoms with van der Waals surface area (Å²) in [6.07, 6.45) is 0.862. The Hall–Kier alpha value is -2.14. The van der Waals surface area contributed by atoms with E-state index in [2.05, 4.69) is 5.32 Å². The number of benzene rings is 1. The van der Waals surface area contributed by atoms with Crippen LogP contribution in [-0.4, -0.2) is 23.7 Å². The number of hydrogen-bond donors (Lipinski definition) is 2. The van der Waals surface area contributed by atoms with E-state index in [1.165, 1.54) is 6.07 Å². The predicted octanol–water partition coefficient (Wildman–Crippen LogP) is 1.68. The van der Waals surface area contributed by atoms with Crippen molar-refractivity contribution in [2.45, 2.75) is 25.9 Å². The number of carbonyl (C=O) groups excluding carboxylic acids is 1. The third kappa shape index (κ3) is 3.24. The molecule has 1 aromatic carbocycles. The van der Waals surface area contributed by atoms with Gasteiger partial charge in [0, 0.05) is 12.6 Å². The molecule has 0 spiro atoms. The predicted molar refractivity (Wildman–Crippen MR) is 75.7 cm³/mol. The van der Waals surface area contributed by atoms with Gasteiger partial charge in [0.2, 0.25) is 0 Å². The second-order valence-corrected chi connectivity index (χ2v) is 4.62. The first-order chi connectivity index (χ1) is 9.61. The van der Waals surface area contributed by atoms with Crippen molar-refractivity contribution >= 4 is 16.9 Å². The highest BCUT2D eigenvalue weighted by atomic mass is 16.3. The first-order valence-corrected chi connectivity index (χ1v) is 6.61. The number of nitrogens with one attached hydrogen (secondary N) is 1. The van der Waals surface area contributed by atoms with Crippen molar-refractivity contribution in [3.63, 3.8) is 0 Å². The van der Waals surface area contributed by atoms with Crippen LogP contribution in [0, 0.1) is 0 Å². The number of aliphatic hydroxyl groups is 1. The molecule has 2 rings (SSSR count). The summed E-state index contributed by atoms with van der Waals surface area (Å²) in [5.41, 5.74) is 0.116. The van der Waals surface area contributed by atoms with E-state index < -0.39 is 12.0 Å². The van der Waals surface area contributed by atoms with Crippen molar-refractivity contribution in [2.75, 3.05) is 6.54 Å². The van der Waals surface area contributed by atoms with Crippen LogP contribution in [0.1, 0.15) is 30.3 Å². The lowest BCUT2D eigenvalue weighted by Gasteiger charge is -2.10. The van der Waals surface area contributed by atoms with Gasteiger partial charge in [0.15, 0.2) is 11.2 Å². The average molecular weight is 275 g/mol. The fourth-order valence-electron chi connectivity index (χ4n) is 1.95. The minimum Gasteiger partial charge on any atom is -0.451 e. The number of aliphatic hydroxyl groups excluding tert-OH is 1. The molecule has 0 bridgehead atoms. The topological polar surface area (TPSA) is 79.5 Å². The molecule has 20 heavy (non-hydrogen) atoms. The fraction of sp³-hybridized carbons (Fsp3) is 0.333. The van der Waals surface area contributed by atoms with Crippen LogP contribution in [0.15, 0.2) is 39.5 Å². The third-order valence-corrected chi connectivity index (χ3v) is 2.98. The number of rotatable bonds is 5. The fourth-order valence-corrected chi connectivity index (χ4v) is 1.95. The molecule has 0 aliphatic rings. The molecule has 2 N–H and O–H groups in total. The molecule has 1 amide bonds. The molecule has 0 saturated carbocycles. The molecule has 106 valence electrons. The lowest BCUT2D eigenvalue weighted by Crippen LogP contribution is -2.32. The highest BCUT2D eigenvalue weighted by Gasteiger charge is 2.13. The molecule has 2 aromatic rings. The van der Waals surface area contributed by atoms with Crippen molar-refractivity contribution in [2.24, 2.45) is 0 Å². The zero-order chi connectivity index (χ0) is 14.5. The third-order valence-electron chi connectivity index (χ3n) is 2.98. The maximum absolute atomic E-state index is 11.9. The molecular weight excluding hydrogens is 258 g/mol. The van der Waals surface area contributed by atoms with Crippen LogP contribution < -0.4 is 10.7 Å². The van der Waals surface area contributed by atoms with Gasteiger partial charge >= 0.3 is 0 Å². The van der Waals surface area contributed by atoms with E-state index in [1.807, 2.05) is 6.92 Å². The van der Waals surface area contributed by atoms with Gasteiger partial charge in [-0.3, -0.25) is 9.59 Å². The van der Waals surface area contributed by atoms with E-state index in [0.717, 1.165) is 6.42 Å². The summed E-state index contributed by atoms with van der Waals surface area (Å²) < 4.78 is 5.40. The molecule has 1 unspecified atom stereocenters. The number of carbonyl (C=O) groups is 1. The van der Waals surface area contributed by atoms with Gasteiger partial charge in [-0.2, -0.15) is 0 Å². The Balaban J connectivity index is 2.16. The molecule has 5 heteroatoms. The molecule has 0 aliphatic carbocycles. The SMILES string of the molecule is CCCC(O)CNC(=O)c1cc(=O)c2ccccc2o1. The van der Waals surface area contributed by atoms with Crippen LogP contribution in [-0.2, 0) is 0 Å². The summed E-state index contributed by atoms with van der Waals surface area (Å²) in [4.78, 5) is 23.7. The highest BCUT2D eigenvalue weighted by molar-refractivity contribution is 5.93. The van der Waals surface area contributed by atoms with Gasteiger partial charge in [0.05, 0.1) is 11.5 Å². The van der Waals surface area contributed by atoms with Crippen LogP contribution in [0.5, 0.6) is 0 Å². The van der Waals surface area contributed by atoms with Crippen LogP contribution in [0.25, 0.3) is 11.0 Å². The van der Waals surface area contributed by atoms with Gasteiger partial charge in [0.25, 0.3) is 5.91 Å². The van der Waals surface area contributed by atoms with Gasteiger partial charge in [0.1, 0.15) is 5.58 Å². The second kappa shape index (κ2) is 6.34. The monoisotopic (exact) mass is 275 g/mol. The normalized spacial score (nSPS) is 12.3. The Morgan fingerprint density at radius 2 is 2.15 bits per heavy atom. The first kappa shape index (κ1) is 14.3. The number of para-hydroxylation sites is 1. The van der Waals surface area contributed by atoms with Gasteiger partial charge in [-0.05, 0) is 18.6 Å². The largest absolute Gasteiger partial charge is 0.451 e. The van der Waals surface area contributed by atoms with Crippen molar-refractivity contribution < 1.29 is 14.3 Å². The molecule has 5 nitrogen and oxygen atoms in total. The van der Waals surface area contributed by atoms with Crippen molar-refractivity contribution in [3.05, 3.63) is 46.3 Å². The Labute approximate surface area is 116 Å². The van der Waals surface area contributed by atoms with E-state index in [9.17, 15) is 14.7 Å². The van der Waals surface area contributed by atoms with Gasteiger partial charge in [-0.25, -0.2) is 0 Å². The van der Waals surface area contributed by atoms with Crippen LogP contribution >= 0.6 is 0 Å². The summed E-state index contributed by atoms with van der Waals surface area (Å²) >= 11 is 0. The molecular formula is C15H17NO4. The average Bonchev–Trinajstić information content (AvgIpc) is 2.45. The van der Waals surface area contributed by atoms with Crippen molar-refractivity contribution in [1.29, 1.82) is 0 Å². The van der Waals surface area contributed by atoms with Gasteiger partial charge in [-0.1, -0.05) is 25.5 Å². The highest BCUT2D eigenvalue weighted by Crippen LogP contribution is 2.11. The Morgan fingerprint density at radius 3 is 2.90 bits per heavy atom. The number of hydrogen-bond acceptors (Lipinski definition) is 4. The van der Waals surface area contributed by atoms with E-state index >= 15 is 0 Å². The minimum atomic E-state index is -0.587. The quantitative estimate of drug-likeness (QED) is 0.870. The summed E-state index contributed by atoms with van der Waals surface area (Å²) in [7, 11) is 0. The maximum atomic E-state index is 11.9. The van der Waals surface area contributed by atoms with E-state index in [4.69, 9.17) is 4.42 Å². The van der Waals surface area contributed by atoms with E-state index in [1.54, 1.807) is 24.3 Å². The summed E-state index contributed by atoms with van der Waals surface area (Å²) in [6, 6.07) is 7.93. The standard InChI is InChI=1S/C15H17NO4/c1-2-5-10(17)9-16-15(19)14-8-12(18)11-6-3-4-7-13(11)20-14/h3-4,6-8,10,17H,2,5,9H2,1H3,(H,16,19). The zero-order valence-electron chi connectivity index (χ0n) is 11.3. The second-order valence-electron chi connectivity index (χ2n) is 4.62. The lowest BCUT2D eigenvalue weighted by atomic mass is 10.2. The van der Waals surface area contributed by atoms with E-state index in [-0.39, 0.29) is 17.7 Å². The van der Waals surface area contributed by atoms with Gasteiger partial charge < -0.3 is 14.8 Å². The Kier molecular flexibility index (Phi) is 4.53. The lowest BCUT2D eigenvalue weighted by molar-refractivity contribution is 0.0883. The Bertz CT molecular complexity index is 662. The maximum Gasteiger partial charge on any atom is 0.287 e. The molecule has 0 saturated heterocycles. The minimum absolute atomic E-state index is 0.0441. The Morgan fingerprint density at radius 1 is 1.40 bits per heavy atom. The summed E-state index contributed by atoms with van der Waals surface area (Å²) in [5.74, 6) is -0.541. The van der Waals surface area contributed by atoms with Crippen LogP contribution in [0.2, 0.25) is 0 Å². The zero-order valence-corrected chi connectivity index (χ0v) is 11.3. The van der Waals surface area contributed by atoms with Crippen molar-refractivity contribution in [1.82, 2.24) is 5.32 Å². The molecule has 0 fully saturated rings.